The molecule has 23 heavy (non-hydrogen) atoms. The summed E-state index contributed by atoms with van der Waals surface area (Å²) in [6.45, 7) is 5.51. The van der Waals surface area contributed by atoms with E-state index in [1.165, 1.54) is 6.20 Å². The molecule has 0 spiro atoms. The Balaban J connectivity index is 1.93. The normalized spacial score (nSPS) is 10.5. The zero-order valence-electron chi connectivity index (χ0n) is 13.1. The fraction of sp³-hybridized carbons (Fsp3) is 0.176. The SMILES string of the molecule is Cc1c(C#N)cnc(C(=O)Nc2ccc3[nH]nc(C)c3c2)c1C. The third-order valence-electron chi connectivity index (χ3n) is 3.99. The minimum atomic E-state index is -0.296. The van der Waals surface area contributed by atoms with Crippen LogP contribution in [0.3, 0.4) is 0 Å². The number of aromatic amines is 1. The molecule has 2 heterocycles. The third kappa shape index (κ3) is 2.53. The van der Waals surface area contributed by atoms with Crippen LogP contribution < -0.4 is 5.32 Å². The van der Waals surface area contributed by atoms with Gasteiger partial charge < -0.3 is 5.32 Å². The molecule has 0 saturated carbocycles. The molecule has 3 rings (SSSR count). The molecule has 1 aromatic carbocycles. The van der Waals surface area contributed by atoms with E-state index >= 15 is 0 Å². The topological polar surface area (TPSA) is 94.5 Å². The lowest BCUT2D eigenvalue weighted by Gasteiger charge is -2.10. The van der Waals surface area contributed by atoms with Crippen LogP contribution in [0.25, 0.3) is 10.9 Å². The molecular weight excluding hydrogens is 290 g/mol. The van der Waals surface area contributed by atoms with Gasteiger partial charge in [0.1, 0.15) is 11.8 Å². The highest BCUT2D eigenvalue weighted by Gasteiger charge is 2.15. The molecule has 0 saturated heterocycles. The van der Waals surface area contributed by atoms with Gasteiger partial charge in [0.2, 0.25) is 0 Å². The van der Waals surface area contributed by atoms with E-state index in [4.69, 9.17) is 5.26 Å². The standard InChI is InChI=1S/C17H15N5O/c1-9-10(2)16(19-8-12(9)7-18)17(23)20-13-4-5-15-14(6-13)11(3)21-22-15/h4-6,8H,1-3H3,(H,20,23)(H,21,22). The van der Waals surface area contributed by atoms with Crippen LogP contribution in [-0.2, 0) is 0 Å². The van der Waals surface area contributed by atoms with Crippen molar-refractivity contribution < 1.29 is 4.79 Å². The van der Waals surface area contributed by atoms with E-state index in [0.29, 0.717) is 22.5 Å². The van der Waals surface area contributed by atoms with Gasteiger partial charge in [-0.15, -0.1) is 0 Å². The molecule has 0 atom stereocenters. The van der Waals surface area contributed by atoms with Crippen LogP contribution in [0, 0.1) is 32.1 Å². The molecule has 6 heteroatoms. The van der Waals surface area contributed by atoms with Gasteiger partial charge in [-0.1, -0.05) is 0 Å². The number of nitrogens with zero attached hydrogens (tertiary/aromatic N) is 3. The van der Waals surface area contributed by atoms with Crippen LogP contribution in [0.15, 0.2) is 24.4 Å². The van der Waals surface area contributed by atoms with Gasteiger partial charge in [0.05, 0.1) is 16.8 Å². The van der Waals surface area contributed by atoms with Crippen molar-refractivity contribution in [3.63, 3.8) is 0 Å². The van der Waals surface area contributed by atoms with Crippen molar-refractivity contribution in [1.82, 2.24) is 15.2 Å². The van der Waals surface area contributed by atoms with Crippen LogP contribution in [0.1, 0.15) is 32.9 Å². The predicted molar refractivity (Wildman–Crippen MR) is 87.2 cm³/mol. The summed E-state index contributed by atoms with van der Waals surface area (Å²) in [6, 6.07) is 7.62. The summed E-state index contributed by atoms with van der Waals surface area (Å²) in [4.78, 5) is 16.6. The Morgan fingerprint density at radius 3 is 2.78 bits per heavy atom. The minimum absolute atomic E-state index is 0.296. The Morgan fingerprint density at radius 1 is 1.26 bits per heavy atom. The Bertz CT molecular complexity index is 965. The molecule has 6 nitrogen and oxygen atoms in total. The first kappa shape index (κ1) is 14.7. The average Bonchev–Trinajstić information content (AvgIpc) is 2.91. The molecule has 0 bridgehead atoms. The Kier molecular flexibility index (Phi) is 3.54. The molecule has 114 valence electrons. The molecule has 0 aliphatic heterocycles. The number of nitriles is 1. The Morgan fingerprint density at radius 2 is 2.04 bits per heavy atom. The summed E-state index contributed by atoms with van der Waals surface area (Å²) in [5.74, 6) is -0.296. The number of benzene rings is 1. The number of hydrogen-bond donors (Lipinski definition) is 2. The highest BCUT2D eigenvalue weighted by atomic mass is 16.1. The second-order valence-electron chi connectivity index (χ2n) is 5.41. The molecule has 0 aliphatic carbocycles. The van der Waals surface area contributed by atoms with Crippen molar-refractivity contribution in [2.24, 2.45) is 0 Å². The first-order valence-electron chi connectivity index (χ1n) is 7.13. The summed E-state index contributed by atoms with van der Waals surface area (Å²) in [6.07, 6.45) is 1.43. The van der Waals surface area contributed by atoms with E-state index < -0.39 is 0 Å². The number of nitrogens with one attached hydrogen (secondary N) is 2. The van der Waals surface area contributed by atoms with E-state index in [1.54, 1.807) is 6.92 Å². The molecule has 2 N–H and O–H groups in total. The van der Waals surface area contributed by atoms with Gasteiger partial charge in [0.25, 0.3) is 5.91 Å². The van der Waals surface area contributed by atoms with E-state index in [2.05, 4.69) is 26.6 Å². The second kappa shape index (κ2) is 5.54. The van der Waals surface area contributed by atoms with Crippen LogP contribution in [-0.4, -0.2) is 21.1 Å². The first-order chi connectivity index (χ1) is 11.0. The number of aryl methyl sites for hydroxylation is 1. The van der Waals surface area contributed by atoms with Crippen molar-refractivity contribution >= 4 is 22.5 Å². The highest BCUT2D eigenvalue weighted by Crippen LogP contribution is 2.21. The molecule has 0 unspecified atom stereocenters. The number of fused-ring (bicyclic) bond motifs is 1. The fourth-order valence-electron chi connectivity index (χ4n) is 2.46. The highest BCUT2D eigenvalue weighted by molar-refractivity contribution is 6.05. The molecule has 3 aromatic rings. The number of carbonyl (C=O) groups excluding carboxylic acids is 1. The van der Waals surface area contributed by atoms with Gasteiger partial charge in [-0.2, -0.15) is 10.4 Å². The zero-order valence-corrected chi connectivity index (χ0v) is 13.1. The lowest BCUT2D eigenvalue weighted by Crippen LogP contribution is -2.16. The minimum Gasteiger partial charge on any atom is -0.321 e. The van der Waals surface area contributed by atoms with Gasteiger partial charge >= 0.3 is 0 Å². The van der Waals surface area contributed by atoms with E-state index in [0.717, 1.165) is 22.2 Å². The lowest BCUT2D eigenvalue weighted by molar-refractivity contribution is 0.102. The number of H-pyrrole nitrogens is 1. The van der Waals surface area contributed by atoms with Crippen molar-refractivity contribution in [1.29, 1.82) is 5.26 Å². The smallest absolute Gasteiger partial charge is 0.274 e. The summed E-state index contributed by atoms with van der Waals surface area (Å²) in [5, 5.41) is 19.9. The third-order valence-corrected chi connectivity index (χ3v) is 3.99. The largest absolute Gasteiger partial charge is 0.321 e. The number of amides is 1. The number of carbonyl (C=O) groups is 1. The average molecular weight is 305 g/mol. The number of rotatable bonds is 2. The van der Waals surface area contributed by atoms with E-state index in [1.807, 2.05) is 32.0 Å². The van der Waals surface area contributed by atoms with Crippen LogP contribution >= 0.6 is 0 Å². The summed E-state index contributed by atoms with van der Waals surface area (Å²) >= 11 is 0. The first-order valence-corrected chi connectivity index (χ1v) is 7.13. The molecule has 1 amide bonds. The quantitative estimate of drug-likeness (QED) is 0.761. The molecular formula is C17H15N5O. The summed E-state index contributed by atoms with van der Waals surface area (Å²) < 4.78 is 0. The number of pyridine rings is 1. The van der Waals surface area contributed by atoms with Crippen molar-refractivity contribution in [2.45, 2.75) is 20.8 Å². The molecule has 0 fully saturated rings. The van der Waals surface area contributed by atoms with Crippen LogP contribution in [0.5, 0.6) is 0 Å². The van der Waals surface area contributed by atoms with E-state index in [-0.39, 0.29) is 5.91 Å². The Hall–Kier alpha value is -3.20. The summed E-state index contributed by atoms with van der Waals surface area (Å²) in [5.41, 5.74) is 4.76. The van der Waals surface area contributed by atoms with Crippen molar-refractivity contribution in [3.8, 4) is 6.07 Å². The molecule has 2 aromatic heterocycles. The number of hydrogen-bond acceptors (Lipinski definition) is 4. The van der Waals surface area contributed by atoms with Gasteiger partial charge in [-0.25, -0.2) is 4.98 Å². The fourth-order valence-corrected chi connectivity index (χ4v) is 2.46. The predicted octanol–water partition coefficient (Wildman–Crippen LogP) is 3.01. The van der Waals surface area contributed by atoms with Crippen molar-refractivity contribution in [2.75, 3.05) is 5.32 Å². The van der Waals surface area contributed by atoms with Crippen LogP contribution in [0.4, 0.5) is 5.69 Å². The molecule has 0 radical (unpaired) electrons. The van der Waals surface area contributed by atoms with E-state index in [9.17, 15) is 4.79 Å². The number of anilines is 1. The maximum atomic E-state index is 12.5. The second-order valence-corrected chi connectivity index (χ2v) is 5.41. The van der Waals surface area contributed by atoms with Gasteiger partial charge in [-0.3, -0.25) is 9.89 Å². The zero-order chi connectivity index (χ0) is 16.6. The van der Waals surface area contributed by atoms with Crippen LogP contribution in [0.2, 0.25) is 0 Å². The maximum Gasteiger partial charge on any atom is 0.274 e. The monoisotopic (exact) mass is 305 g/mol. The number of aromatic nitrogens is 3. The maximum absolute atomic E-state index is 12.5. The Labute approximate surface area is 133 Å². The van der Waals surface area contributed by atoms with Gasteiger partial charge in [-0.05, 0) is 50.1 Å². The summed E-state index contributed by atoms with van der Waals surface area (Å²) in [7, 11) is 0. The lowest BCUT2D eigenvalue weighted by atomic mass is 10.0. The molecule has 0 aliphatic rings. The van der Waals surface area contributed by atoms with Gasteiger partial charge in [0, 0.05) is 17.3 Å². The van der Waals surface area contributed by atoms with Crippen molar-refractivity contribution in [3.05, 3.63) is 52.5 Å². The van der Waals surface area contributed by atoms with Gasteiger partial charge in [0.15, 0.2) is 0 Å².